The number of aryl methyl sites for hydroxylation is 1. The average Bonchev–Trinajstić information content (AvgIpc) is 2.98. The molecule has 0 heterocycles. The van der Waals surface area contributed by atoms with Gasteiger partial charge in [-0.3, -0.25) is 0 Å². The van der Waals surface area contributed by atoms with Crippen molar-refractivity contribution in [3.05, 3.63) is 41.5 Å². The SMILES string of the molecule is CC[C@@]12C=CC[C@H]1[C@@H]1CCc3ccc(OC)cc3[C@H]1CC2. The number of benzene rings is 1. The maximum Gasteiger partial charge on any atom is 0.119 e. The Morgan fingerprint density at radius 2 is 2.19 bits per heavy atom. The summed E-state index contributed by atoms with van der Waals surface area (Å²) in [7, 11) is 1.78. The molecule has 4 atom stereocenters. The lowest BCUT2D eigenvalue weighted by Gasteiger charge is -2.50. The van der Waals surface area contributed by atoms with E-state index in [2.05, 4.69) is 37.3 Å². The number of hydrogen-bond acceptors (Lipinski definition) is 1. The van der Waals surface area contributed by atoms with Crippen LogP contribution >= 0.6 is 0 Å². The first-order valence-corrected chi connectivity index (χ1v) is 8.62. The van der Waals surface area contributed by atoms with Gasteiger partial charge in [0.2, 0.25) is 0 Å². The molecule has 0 radical (unpaired) electrons. The van der Waals surface area contributed by atoms with Crippen molar-refractivity contribution in [1.29, 1.82) is 0 Å². The molecule has 1 saturated carbocycles. The number of allylic oxidation sites excluding steroid dienone is 2. The number of fused-ring (bicyclic) bond motifs is 5. The van der Waals surface area contributed by atoms with Crippen LogP contribution in [0.2, 0.25) is 0 Å². The summed E-state index contributed by atoms with van der Waals surface area (Å²) in [6, 6.07) is 6.77. The lowest BCUT2D eigenvalue weighted by Crippen LogP contribution is -2.40. The molecule has 0 aromatic heterocycles. The van der Waals surface area contributed by atoms with E-state index in [9.17, 15) is 0 Å². The van der Waals surface area contributed by atoms with Crippen LogP contribution < -0.4 is 4.74 Å². The van der Waals surface area contributed by atoms with E-state index in [0.717, 1.165) is 23.5 Å². The summed E-state index contributed by atoms with van der Waals surface area (Å²) in [6.45, 7) is 2.39. The highest BCUT2D eigenvalue weighted by molar-refractivity contribution is 5.41. The first-order valence-electron chi connectivity index (χ1n) is 8.62. The van der Waals surface area contributed by atoms with E-state index in [1.165, 1.54) is 38.5 Å². The molecule has 0 amide bonds. The Bertz CT molecular complexity index is 573. The van der Waals surface area contributed by atoms with Crippen molar-refractivity contribution in [2.75, 3.05) is 7.11 Å². The van der Waals surface area contributed by atoms with Gasteiger partial charge in [0.25, 0.3) is 0 Å². The normalized spacial score (nSPS) is 36.8. The minimum atomic E-state index is 0.525. The van der Waals surface area contributed by atoms with Gasteiger partial charge < -0.3 is 4.74 Å². The van der Waals surface area contributed by atoms with Crippen molar-refractivity contribution in [3.63, 3.8) is 0 Å². The van der Waals surface area contributed by atoms with Crippen LogP contribution in [0.15, 0.2) is 30.4 Å². The van der Waals surface area contributed by atoms with Gasteiger partial charge in [-0.15, -0.1) is 0 Å². The standard InChI is InChI=1S/C20H26O/c1-3-20-11-4-5-19(20)17-9-7-14-6-8-15(21-2)13-18(14)16(17)10-12-20/h4,6,8,11,13,16-17,19H,3,5,7,9-10,12H2,1-2H3/t16-,17+,19-,20-/m0/s1. The molecule has 112 valence electrons. The quantitative estimate of drug-likeness (QED) is 0.685. The molecule has 1 nitrogen and oxygen atoms in total. The molecule has 0 aliphatic heterocycles. The molecule has 0 spiro atoms. The van der Waals surface area contributed by atoms with Crippen molar-refractivity contribution in [1.82, 2.24) is 0 Å². The second kappa shape index (κ2) is 4.90. The van der Waals surface area contributed by atoms with Crippen molar-refractivity contribution >= 4 is 0 Å². The number of hydrogen-bond donors (Lipinski definition) is 0. The van der Waals surface area contributed by atoms with Crippen LogP contribution in [0, 0.1) is 17.3 Å². The van der Waals surface area contributed by atoms with Gasteiger partial charge in [-0.2, -0.15) is 0 Å². The molecule has 0 saturated heterocycles. The van der Waals surface area contributed by atoms with Gasteiger partial charge in [-0.25, -0.2) is 0 Å². The number of rotatable bonds is 2. The van der Waals surface area contributed by atoms with Gasteiger partial charge in [0, 0.05) is 0 Å². The molecule has 0 N–H and O–H groups in total. The second-order valence-corrected chi connectivity index (χ2v) is 7.24. The van der Waals surface area contributed by atoms with Crippen molar-refractivity contribution in [2.45, 2.75) is 51.4 Å². The molecule has 0 bridgehead atoms. The van der Waals surface area contributed by atoms with Gasteiger partial charge in [-0.1, -0.05) is 25.1 Å². The molecule has 4 rings (SSSR count). The number of methoxy groups -OCH3 is 1. The van der Waals surface area contributed by atoms with E-state index in [-0.39, 0.29) is 0 Å². The predicted octanol–water partition coefficient (Wildman–Crippen LogP) is 5.11. The van der Waals surface area contributed by atoms with E-state index >= 15 is 0 Å². The Hall–Kier alpha value is -1.24. The van der Waals surface area contributed by atoms with Gasteiger partial charge in [0.05, 0.1) is 7.11 Å². The van der Waals surface area contributed by atoms with E-state index in [1.807, 2.05) is 0 Å². The van der Waals surface area contributed by atoms with Crippen LogP contribution in [0.25, 0.3) is 0 Å². The van der Waals surface area contributed by atoms with Crippen LogP contribution in [0.4, 0.5) is 0 Å². The smallest absolute Gasteiger partial charge is 0.119 e. The largest absolute Gasteiger partial charge is 0.497 e. The molecule has 0 unspecified atom stereocenters. The van der Waals surface area contributed by atoms with Gasteiger partial charge in [0.1, 0.15) is 5.75 Å². The molecule has 1 fully saturated rings. The van der Waals surface area contributed by atoms with Crippen LogP contribution in [-0.2, 0) is 6.42 Å². The third-order valence-electron chi connectivity index (χ3n) is 6.69. The second-order valence-electron chi connectivity index (χ2n) is 7.24. The fourth-order valence-electron chi connectivity index (χ4n) is 5.54. The Morgan fingerprint density at radius 1 is 1.29 bits per heavy atom. The molecule has 21 heavy (non-hydrogen) atoms. The highest BCUT2D eigenvalue weighted by Crippen LogP contribution is 2.60. The highest BCUT2D eigenvalue weighted by atomic mass is 16.5. The Morgan fingerprint density at radius 3 is 3.00 bits per heavy atom. The monoisotopic (exact) mass is 282 g/mol. The van der Waals surface area contributed by atoms with Crippen molar-refractivity contribution in [3.8, 4) is 5.75 Å². The summed E-state index contributed by atoms with van der Waals surface area (Å²) in [5.74, 6) is 3.58. The third-order valence-corrected chi connectivity index (χ3v) is 6.69. The third kappa shape index (κ3) is 1.89. The molecule has 3 aliphatic rings. The van der Waals surface area contributed by atoms with E-state index in [4.69, 9.17) is 4.74 Å². The fourth-order valence-corrected chi connectivity index (χ4v) is 5.54. The van der Waals surface area contributed by atoms with Gasteiger partial charge >= 0.3 is 0 Å². The summed E-state index contributed by atoms with van der Waals surface area (Å²) in [4.78, 5) is 0. The summed E-state index contributed by atoms with van der Waals surface area (Å²) in [5.41, 5.74) is 3.70. The fraction of sp³-hybridized carbons (Fsp3) is 0.600. The lowest BCUT2D eigenvalue weighted by molar-refractivity contribution is 0.0653. The zero-order valence-electron chi connectivity index (χ0n) is 13.3. The zero-order valence-corrected chi connectivity index (χ0v) is 13.3. The molecular formula is C20H26O. The maximum atomic E-state index is 5.48. The number of ether oxygens (including phenoxy) is 1. The summed E-state index contributed by atoms with van der Waals surface area (Å²) < 4.78 is 5.48. The first-order chi connectivity index (χ1) is 10.3. The van der Waals surface area contributed by atoms with E-state index < -0.39 is 0 Å². The lowest BCUT2D eigenvalue weighted by atomic mass is 9.54. The minimum absolute atomic E-state index is 0.525. The molecule has 1 aromatic rings. The van der Waals surface area contributed by atoms with Crippen LogP contribution in [0.5, 0.6) is 5.75 Å². The van der Waals surface area contributed by atoms with Crippen LogP contribution in [0.1, 0.15) is 56.1 Å². The molecular weight excluding hydrogens is 256 g/mol. The maximum absolute atomic E-state index is 5.48. The van der Waals surface area contributed by atoms with Crippen LogP contribution in [-0.4, -0.2) is 7.11 Å². The Kier molecular flexibility index (Phi) is 3.13. The predicted molar refractivity (Wildman–Crippen MR) is 86.8 cm³/mol. The van der Waals surface area contributed by atoms with Crippen molar-refractivity contribution in [2.24, 2.45) is 17.3 Å². The van der Waals surface area contributed by atoms with E-state index in [1.54, 1.807) is 18.2 Å². The van der Waals surface area contributed by atoms with Crippen molar-refractivity contribution < 1.29 is 4.74 Å². The zero-order chi connectivity index (χ0) is 14.4. The average molecular weight is 282 g/mol. The van der Waals surface area contributed by atoms with Gasteiger partial charge in [-0.05, 0) is 85.0 Å². The highest BCUT2D eigenvalue weighted by Gasteiger charge is 2.49. The summed E-state index contributed by atoms with van der Waals surface area (Å²) >= 11 is 0. The molecule has 1 heteroatoms. The Balaban J connectivity index is 1.71. The Labute approximate surface area is 128 Å². The molecule has 3 aliphatic carbocycles. The van der Waals surface area contributed by atoms with Crippen LogP contribution in [0.3, 0.4) is 0 Å². The summed E-state index contributed by atoms with van der Waals surface area (Å²) in [6.07, 6.45) is 13.1. The summed E-state index contributed by atoms with van der Waals surface area (Å²) in [5, 5.41) is 0. The minimum Gasteiger partial charge on any atom is -0.497 e. The molecule has 1 aromatic carbocycles. The first kappa shape index (κ1) is 13.4. The van der Waals surface area contributed by atoms with Gasteiger partial charge in [0.15, 0.2) is 0 Å². The van der Waals surface area contributed by atoms with E-state index in [0.29, 0.717) is 5.41 Å². The topological polar surface area (TPSA) is 9.23 Å².